The summed E-state index contributed by atoms with van der Waals surface area (Å²) in [5, 5.41) is 10.2. The Bertz CT molecular complexity index is 922. The minimum absolute atomic E-state index is 0.00244. The molecule has 0 spiro atoms. The first-order valence-electron chi connectivity index (χ1n) is 8.04. The van der Waals surface area contributed by atoms with Gasteiger partial charge in [0.1, 0.15) is 5.75 Å². The average Bonchev–Trinajstić information content (AvgIpc) is 2.56. The molecule has 0 unspecified atom stereocenters. The Morgan fingerprint density at radius 1 is 1.28 bits per heavy atom. The standard InChI is InChI=1S/C18H18Cl2N2O3/c1-3-10-6-9(2)21-17(24)12(10)8-22-5-4-11-13(19)7-14(23)16(20)15(11)18(22)25/h6-7,23H,3-5,8H2,1-2H3,(H,21,24). The van der Waals surface area contributed by atoms with Crippen molar-refractivity contribution in [1.82, 2.24) is 9.88 Å². The van der Waals surface area contributed by atoms with Gasteiger partial charge in [-0.15, -0.1) is 0 Å². The van der Waals surface area contributed by atoms with Crippen molar-refractivity contribution in [3.63, 3.8) is 0 Å². The van der Waals surface area contributed by atoms with Crippen LogP contribution in [0.25, 0.3) is 0 Å². The van der Waals surface area contributed by atoms with E-state index in [2.05, 4.69) is 4.98 Å². The lowest BCUT2D eigenvalue weighted by atomic mass is 9.97. The summed E-state index contributed by atoms with van der Waals surface area (Å²) in [5.41, 5.74) is 2.96. The number of phenolic OH excluding ortho intramolecular Hbond substituents is 1. The molecule has 1 aliphatic heterocycles. The zero-order chi connectivity index (χ0) is 18.3. The highest BCUT2D eigenvalue weighted by Crippen LogP contribution is 2.38. The van der Waals surface area contributed by atoms with E-state index >= 15 is 0 Å². The third kappa shape index (κ3) is 3.14. The molecule has 2 heterocycles. The number of nitrogens with one attached hydrogen (secondary N) is 1. The molecule has 2 N–H and O–H groups in total. The second-order valence-corrected chi connectivity index (χ2v) is 6.95. The second-order valence-electron chi connectivity index (χ2n) is 6.16. The molecule has 0 fully saturated rings. The summed E-state index contributed by atoms with van der Waals surface area (Å²) < 4.78 is 0. The molecule has 0 bridgehead atoms. The van der Waals surface area contributed by atoms with Gasteiger partial charge in [0.05, 0.1) is 17.1 Å². The second kappa shape index (κ2) is 6.73. The first-order chi connectivity index (χ1) is 11.8. The fraction of sp³-hybridized carbons (Fsp3) is 0.333. The van der Waals surface area contributed by atoms with Crippen LogP contribution in [0.3, 0.4) is 0 Å². The van der Waals surface area contributed by atoms with E-state index in [1.807, 2.05) is 19.9 Å². The van der Waals surface area contributed by atoms with Crippen molar-refractivity contribution in [2.45, 2.75) is 33.2 Å². The number of benzene rings is 1. The zero-order valence-corrected chi connectivity index (χ0v) is 15.5. The Hall–Kier alpha value is -1.98. The maximum atomic E-state index is 12.9. The summed E-state index contributed by atoms with van der Waals surface area (Å²) in [5.74, 6) is -0.547. The molecule has 5 nitrogen and oxygen atoms in total. The lowest BCUT2D eigenvalue weighted by Crippen LogP contribution is -2.39. The Balaban J connectivity index is 2.01. The molecular weight excluding hydrogens is 363 g/mol. The first-order valence-corrected chi connectivity index (χ1v) is 8.79. The number of phenols is 1. The van der Waals surface area contributed by atoms with Gasteiger partial charge in [0.15, 0.2) is 0 Å². The van der Waals surface area contributed by atoms with Gasteiger partial charge < -0.3 is 15.0 Å². The van der Waals surface area contributed by atoms with Gasteiger partial charge in [-0.05, 0) is 37.0 Å². The van der Waals surface area contributed by atoms with Gasteiger partial charge in [0.2, 0.25) is 0 Å². The molecular formula is C18H18Cl2N2O3. The fourth-order valence-corrected chi connectivity index (χ4v) is 3.78. The number of carbonyl (C=O) groups excluding carboxylic acids is 1. The molecule has 0 aliphatic carbocycles. The summed E-state index contributed by atoms with van der Waals surface area (Å²) >= 11 is 12.3. The van der Waals surface area contributed by atoms with Crippen molar-refractivity contribution in [1.29, 1.82) is 0 Å². The van der Waals surface area contributed by atoms with Crippen LogP contribution in [0.1, 0.15) is 39.7 Å². The van der Waals surface area contributed by atoms with Crippen LogP contribution in [-0.2, 0) is 19.4 Å². The van der Waals surface area contributed by atoms with Gasteiger partial charge in [-0.2, -0.15) is 0 Å². The van der Waals surface area contributed by atoms with Crippen LogP contribution in [0.15, 0.2) is 16.9 Å². The van der Waals surface area contributed by atoms with Crippen LogP contribution in [0.4, 0.5) is 0 Å². The molecule has 132 valence electrons. The predicted octanol–water partition coefficient (Wildman–Crippen LogP) is 3.46. The highest BCUT2D eigenvalue weighted by Gasteiger charge is 2.31. The molecule has 7 heteroatoms. The molecule has 1 aromatic heterocycles. The van der Waals surface area contributed by atoms with E-state index in [4.69, 9.17) is 23.2 Å². The number of nitrogens with zero attached hydrogens (tertiary/aromatic N) is 1. The van der Waals surface area contributed by atoms with E-state index in [9.17, 15) is 14.7 Å². The molecule has 2 aromatic rings. The Labute approximate surface area is 155 Å². The molecule has 1 aliphatic rings. The highest BCUT2D eigenvalue weighted by molar-refractivity contribution is 6.38. The van der Waals surface area contributed by atoms with E-state index in [1.54, 1.807) is 4.90 Å². The van der Waals surface area contributed by atoms with Crippen molar-refractivity contribution >= 4 is 29.1 Å². The van der Waals surface area contributed by atoms with Crippen LogP contribution in [-0.4, -0.2) is 27.4 Å². The van der Waals surface area contributed by atoms with Crippen molar-refractivity contribution in [2.75, 3.05) is 6.54 Å². The van der Waals surface area contributed by atoms with Crippen molar-refractivity contribution in [3.8, 4) is 5.75 Å². The normalized spacial score (nSPS) is 13.9. The van der Waals surface area contributed by atoms with Crippen molar-refractivity contribution < 1.29 is 9.90 Å². The van der Waals surface area contributed by atoms with Gasteiger partial charge in [-0.1, -0.05) is 30.1 Å². The number of pyridine rings is 1. The largest absolute Gasteiger partial charge is 0.506 e. The van der Waals surface area contributed by atoms with Crippen LogP contribution in [0, 0.1) is 6.92 Å². The summed E-state index contributed by atoms with van der Waals surface area (Å²) in [6.45, 7) is 4.43. The fourth-order valence-electron chi connectivity index (χ4n) is 3.24. The quantitative estimate of drug-likeness (QED) is 0.855. The number of aromatic nitrogens is 1. The smallest absolute Gasteiger partial charge is 0.256 e. The minimum atomic E-state index is -0.328. The van der Waals surface area contributed by atoms with Gasteiger partial charge in [-0.25, -0.2) is 0 Å². The SMILES string of the molecule is CCc1cc(C)[nH]c(=O)c1CN1CCc2c(Cl)cc(O)c(Cl)c2C1=O. The number of hydrogen-bond donors (Lipinski definition) is 2. The van der Waals surface area contributed by atoms with Gasteiger partial charge in [-0.3, -0.25) is 9.59 Å². The average molecular weight is 381 g/mol. The lowest BCUT2D eigenvalue weighted by molar-refractivity contribution is 0.0725. The van der Waals surface area contributed by atoms with Crippen LogP contribution < -0.4 is 5.56 Å². The van der Waals surface area contributed by atoms with E-state index < -0.39 is 0 Å². The molecule has 3 rings (SSSR count). The van der Waals surface area contributed by atoms with Crippen molar-refractivity contribution in [2.24, 2.45) is 0 Å². The first kappa shape index (κ1) is 17.8. The summed E-state index contributed by atoms with van der Waals surface area (Å²) in [6.07, 6.45) is 1.22. The highest BCUT2D eigenvalue weighted by atomic mass is 35.5. The van der Waals surface area contributed by atoms with E-state index in [-0.39, 0.29) is 34.3 Å². The predicted molar refractivity (Wildman–Crippen MR) is 97.7 cm³/mol. The van der Waals surface area contributed by atoms with E-state index in [1.165, 1.54) is 6.07 Å². The number of hydrogen-bond acceptors (Lipinski definition) is 3. The third-order valence-corrected chi connectivity index (χ3v) is 5.24. The molecule has 1 aromatic carbocycles. The number of H-pyrrole nitrogens is 1. The number of aromatic hydroxyl groups is 1. The monoisotopic (exact) mass is 380 g/mol. The molecule has 0 saturated carbocycles. The lowest BCUT2D eigenvalue weighted by Gasteiger charge is -2.30. The Morgan fingerprint density at radius 2 is 2.00 bits per heavy atom. The minimum Gasteiger partial charge on any atom is -0.506 e. The maximum absolute atomic E-state index is 12.9. The van der Waals surface area contributed by atoms with Crippen LogP contribution >= 0.6 is 23.2 Å². The number of carbonyl (C=O) groups is 1. The zero-order valence-electron chi connectivity index (χ0n) is 13.9. The number of aromatic amines is 1. The number of halogens is 2. The maximum Gasteiger partial charge on any atom is 0.256 e. The summed E-state index contributed by atoms with van der Waals surface area (Å²) in [7, 11) is 0. The summed E-state index contributed by atoms with van der Waals surface area (Å²) in [4.78, 5) is 29.6. The number of rotatable bonds is 3. The number of aryl methyl sites for hydroxylation is 2. The molecule has 25 heavy (non-hydrogen) atoms. The van der Waals surface area contributed by atoms with E-state index in [0.29, 0.717) is 35.5 Å². The molecule has 0 radical (unpaired) electrons. The molecule has 1 amide bonds. The number of amides is 1. The molecule has 0 atom stereocenters. The topological polar surface area (TPSA) is 73.4 Å². The summed E-state index contributed by atoms with van der Waals surface area (Å²) in [6, 6.07) is 3.28. The van der Waals surface area contributed by atoms with E-state index in [0.717, 1.165) is 11.3 Å². The van der Waals surface area contributed by atoms with Crippen LogP contribution in [0.2, 0.25) is 10.0 Å². The number of fused-ring (bicyclic) bond motifs is 1. The Kier molecular flexibility index (Phi) is 4.80. The van der Waals surface area contributed by atoms with Gasteiger partial charge >= 0.3 is 0 Å². The van der Waals surface area contributed by atoms with Gasteiger partial charge in [0.25, 0.3) is 11.5 Å². The Morgan fingerprint density at radius 3 is 2.68 bits per heavy atom. The van der Waals surface area contributed by atoms with Crippen molar-refractivity contribution in [3.05, 3.63) is 60.5 Å². The van der Waals surface area contributed by atoms with Gasteiger partial charge in [0, 0.05) is 28.9 Å². The van der Waals surface area contributed by atoms with Crippen LogP contribution in [0.5, 0.6) is 5.75 Å². The molecule has 0 saturated heterocycles. The third-order valence-electron chi connectivity index (χ3n) is 4.52.